The zero-order valence-electron chi connectivity index (χ0n) is 20.8. The van der Waals surface area contributed by atoms with Crippen LogP contribution in [0.15, 0.2) is 48.8 Å². The zero-order valence-corrected chi connectivity index (χ0v) is 20.8. The number of hydrogen-bond acceptors (Lipinski definition) is 6. The highest BCUT2D eigenvalue weighted by atomic mass is 15.3. The molecule has 4 N–H and O–H groups in total. The van der Waals surface area contributed by atoms with Gasteiger partial charge in [0.05, 0.1) is 12.2 Å². The van der Waals surface area contributed by atoms with Gasteiger partial charge in [-0.1, -0.05) is 48.4 Å². The van der Waals surface area contributed by atoms with Gasteiger partial charge in [0.25, 0.3) is 0 Å². The molecule has 2 aliphatic carbocycles. The number of nitrogens with one attached hydrogen (secondary N) is 2. The van der Waals surface area contributed by atoms with Gasteiger partial charge in [-0.15, -0.1) is 5.10 Å². The number of benzene rings is 1. The van der Waals surface area contributed by atoms with Crippen molar-refractivity contribution in [2.75, 3.05) is 12.3 Å². The third-order valence-electron chi connectivity index (χ3n) is 8.31. The number of nitrogens with two attached hydrogens (primary N) is 1. The Balaban J connectivity index is 1.16. The van der Waals surface area contributed by atoms with Crippen molar-refractivity contribution in [3.8, 4) is 0 Å². The van der Waals surface area contributed by atoms with Gasteiger partial charge in [-0.3, -0.25) is 4.68 Å². The van der Waals surface area contributed by atoms with Gasteiger partial charge in [0.2, 0.25) is 0 Å². The minimum atomic E-state index is 0.131. The summed E-state index contributed by atoms with van der Waals surface area (Å²) >= 11 is 0. The predicted molar refractivity (Wildman–Crippen MR) is 142 cm³/mol. The second kappa shape index (κ2) is 10.4. The average molecular weight is 485 g/mol. The van der Waals surface area contributed by atoms with E-state index in [1.807, 2.05) is 12.3 Å². The van der Waals surface area contributed by atoms with Crippen molar-refractivity contribution in [1.29, 1.82) is 0 Å². The third-order valence-corrected chi connectivity index (χ3v) is 8.31. The van der Waals surface area contributed by atoms with E-state index in [1.54, 1.807) is 0 Å². The molecule has 188 valence electrons. The Morgan fingerprint density at radius 3 is 2.67 bits per heavy atom. The van der Waals surface area contributed by atoms with Crippen LogP contribution in [0.3, 0.4) is 0 Å². The van der Waals surface area contributed by atoms with Crippen LogP contribution >= 0.6 is 0 Å². The normalized spacial score (nSPS) is 21.8. The molecule has 1 atom stereocenters. The molecule has 8 nitrogen and oxygen atoms in total. The van der Waals surface area contributed by atoms with Crippen molar-refractivity contribution in [2.45, 2.75) is 81.7 Å². The number of hydrogen-bond donors (Lipinski definition) is 3. The Kier molecular flexibility index (Phi) is 6.68. The fourth-order valence-electron chi connectivity index (χ4n) is 6.34. The molecule has 0 amide bonds. The van der Waals surface area contributed by atoms with E-state index in [1.165, 1.54) is 62.5 Å². The van der Waals surface area contributed by atoms with Crippen LogP contribution in [0.2, 0.25) is 0 Å². The quantitative estimate of drug-likeness (QED) is 0.321. The number of fused-ring (bicyclic) bond motifs is 1. The molecule has 0 bridgehead atoms. The highest BCUT2D eigenvalue weighted by Gasteiger charge is 2.26. The van der Waals surface area contributed by atoms with E-state index in [2.05, 4.69) is 66.9 Å². The molecule has 4 aromatic rings. The number of H-pyrrole nitrogens is 1. The Bertz CT molecular complexity index is 1270. The van der Waals surface area contributed by atoms with Gasteiger partial charge >= 0.3 is 0 Å². The van der Waals surface area contributed by atoms with E-state index in [0.717, 1.165) is 24.0 Å². The van der Waals surface area contributed by atoms with E-state index < -0.39 is 0 Å². The number of nitrogens with zero attached hydrogens (tertiary/aromatic N) is 5. The van der Waals surface area contributed by atoms with Crippen molar-refractivity contribution >= 4 is 17.0 Å². The minimum absolute atomic E-state index is 0.131. The van der Waals surface area contributed by atoms with Crippen LogP contribution in [0.1, 0.15) is 92.4 Å². The molecule has 8 heteroatoms. The van der Waals surface area contributed by atoms with E-state index in [0.29, 0.717) is 29.5 Å². The summed E-state index contributed by atoms with van der Waals surface area (Å²) in [4.78, 5) is 4.39. The van der Waals surface area contributed by atoms with Crippen LogP contribution in [-0.4, -0.2) is 42.8 Å². The lowest BCUT2D eigenvalue weighted by Crippen LogP contribution is -2.34. The van der Waals surface area contributed by atoms with Gasteiger partial charge in [-0.05, 0) is 80.2 Å². The Hall–Kier alpha value is -3.26. The maximum atomic E-state index is 6.19. The first-order valence-electron chi connectivity index (χ1n) is 13.5. The van der Waals surface area contributed by atoms with Crippen molar-refractivity contribution in [1.82, 2.24) is 35.5 Å². The molecule has 3 heterocycles. The molecule has 6 rings (SSSR count). The molecule has 1 aromatic carbocycles. The van der Waals surface area contributed by atoms with Crippen LogP contribution in [0.5, 0.6) is 0 Å². The molecule has 0 aliphatic heterocycles. The van der Waals surface area contributed by atoms with Gasteiger partial charge in [0, 0.05) is 18.2 Å². The molecule has 0 spiro atoms. The Labute approximate surface area is 212 Å². The summed E-state index contributed by atoms with van der Waals surface area (Å²) in [7, 11) is 0. The first-order valence-corrected chi connectivity index (χ1v) is 13.5. The maximum Gasteiger partial charge on any atom is 0.178 e. The summed E-state index contributed by atoms with van der Waals surface area (Å²) in [5, 5.41) is 19.9. The van der Waals surface area contributed by atoms with Crippen LogP contribution in [-0.2, 0) is 0 Å². The molecule has 0 saturated heterocycles. The van der Waals surface area contributed by atoms with Gasteiger partial charge in [0.15, 0.2) is 5.65 Å². The molecule has 2 saturated carbocycles. The summed E-state index contributed by atoms with van der Waals surface area (Å²) in [6.45, 7) is 0.932. The van der Waals surface area contributed by atoms with E-state index >= 15 is 0 Å². The van der Waals surface area contributed by atoms with E-state index in [9.17, 15) is 0 Å². The van der Waals surface area contributed by atoms with Crippen LogP contribution < -0.4 is 11.1 Å². The number of aromatic amines is 1. The third kappa shape index (κ3) is 4.87. The van der Waals surface area contributed by atoms with Crippen molar-refractivity contribution < 1.29 is 0 Å². The van der Waals surface area contributed by atoms with Crippen LogP contribution in [0.25, 0.3) is 11.2 Å². The number of rotatable bonds is 8. The zero-order chi connectivity index (χ0) is 24.3. The first-order chi connectivity index (χ1) is 17.7. The SMILES string of the molecule is Nc1cc(C(CCN[C@H]2CC[C@H](c3ccccc3)CC2)c2cnn(C3CCCC3)c2)c2nn[nH]c2n1. The maximum absolute atomic E-state index is 6.19. The number of aromatic nitrogens is 6. The Morgan fingerprint density at radius 2 is 1.86 bits per heavy atom. The molecule has 36 heavy (non-hydrogen) atoms. The summed E-state index contributed by atoms with van der Waals surface area (Å²) in [6.07, 6.45) is 15.2. The van der Waals surface area contributed by atoms with Gasteiger partial charge in [-0.2, -0.15) is 5.10 Å². The smallest absolute Gasteiger partial charge is 0.178 e. The molecule has 0 radical (unpaired) electrons. The molecule has 2 fully saturated rings. The topological polar surface area (TPSA) is 110 Å². The van der Waals surface area contributed by atoms with E-state index in [4.69, 9.17) is 10.8 Å². The fourth-order valence-corrected chi connectivity index (χ4v) is 6.34. The molecule has 2 aliphatic rings. The first kappa shape index (κ1) is 23.2. The summed E-state index contributed by atoms with van der Waals surface area (Å²) in [5.41, 5.74) is 11.4. The number of pyridine rings is 1. The lowest BCUT2D eigenvalue weighted by atomic mass is 9.81. The minimum Gasteiger partial charge on any atom is -0.384 e. The lowest BCUT2D eigenvalue weighted by molar-refractivity contribution is 0.340. The van der Waals surface area contributed by atoms with E-state index in [-0.39, 0.29) is 5.92 Å². The molecular weight excluding hydrogens is 448 g/mol. The summed E-state index contributed by atoms with van der Waals surface area (Å²) < 4.78 is 2.18. The highest BCUT2D eigenvalue weighted by molar-refractivity contribution is 5.77. The van der Waals surface area contributed by atoms with Crippen LogP contribution in [0, 0.1) is 0 Å². The Morgan fingerprint density at radius 1 is 1.06 bits per heavy atom. The van der Waals surface area contributed by atoms with Crippen molar-refractivity contribution in [3.63, 3.8) is 0 Å². The molecule has 1 unspecified atom stereocenters. The largest absolute Gasteiger partial charge is 0.384 e. The second-order valence-corrected chi connectivity index (χ2v) is 10.6. The predicted octanol–water partition coefficient (Wildman–Crippen LogP) is 5.08. The second-order valence-electron chi connectivity index (χ2n) is 10.6. The lowest BCUT2D eigenvalue weighted by Gasteiger charge is -2.30. The van der Waals surface area contributed by atoms with Crippen LogP contribution in [0.4, 0.5) is 5.82 Å². The van der Waals surface area contributed by atoms with Gasteiger partial charge in [-0.25, -0.2) is 10.1 Å². The summed E-state index contributed by atoms with van der Waals surface area (Å²) in [5.74, 6) is 1.31. The van der Waals surface area contributed by atoms with Gasteiger partial charge in [0.1, 0.15) is 11.3 Å². The molecule has 3 aromatic heterocycles. The fraction of sp³-hybridized carbons (Fsp3) is 0.500. The average Bonchev–Trinajstić information content (AvgIpc) is 3.69. The number of anilines is 1. The highest BCUT2D eigenvalue weighted by Crippen LogP contribution is 2.36. The summed E-state index contributed by atoms with van der Waals surface area (Å²) in [6, 6.07) is 14.0. The van der Waals surface area contributed by atoms with Crippen molar-refractivity contribution in [2.24, 2.45) is 0 Å². The standard InChI is InChI=1S/C28H36N8/c29-26-16-25(27-28(32-26)34-35-33-27)24(21-17-31-36(18-21)23-8-4-5-9-23)14-15-30-22-12-10-20(11-13-22)19-6-2-1-3-7-19/h1-3,6-7,16-18,20,22-24,30H,4-5,8-15H2,(H3,29,32,33,34,35)/t20-,22-,24?. The molecular formula is C28H36N8. The van der Waals surface area contributed by atoms with Crippen molar-refractivity contribution in [3.05, 3.63) is 65.5 Å². The number of nitrogen functional groups attached to an aromatic ring is 1. The monoisotopic (exact) mass is 484 g/mol. The van der Waals surface area contributed by atoms with Gasteiger partial charge < -0.3 is 11.1 Å².